The average Bonchev–Trinajstić information content (AvgIpc) is 3.02. The van der Waals surface area contributed by atoms with E-state index < -0.39 is 29.5 Å². The number of alkyl halides is 3. The van der Waals surface area contributed by atoms with Gasteiger partial charge in [0.25, 0.3) is 0 Å². The topological polar surface area (TPSA) is 50.8 Å². The number of nitrogens with zero attached hydrogens (tertiary/aromatic N) is 1. The zero-order chi connectivity index (χ0) is 23.4. The van der Waals surface area contributed by atoms with Crippen LogP contribution >= 0.6 is 0 Å². The van der Waals surface area contributed by atoms with Crippen LogP contribution in [0.2, 0.25) is 0 Å². The zero-order valence-electron chi connectivity index (χ0n) is 18.6. The van der Waals surface area contributed by atoms with Crippen LogP contribution in [0.3, 0.4) is 0 Å². The number of alkyl carbamates (subject to hydrolysis) is 1. The summed E-state index contributed by atoms with van der Waals surface area (Å²) in [6.07, 6.45) is -2.87. The van der Waals surface area contributed by atoms with Crippen LogP contribution in [0, 0.1) is 5.92 Å². The van der Waals surface area contributed by atoms with E-state index >= 15 is 0 Å². The van der Waals surface area contributed by atoms with E-state index in [0.29, 0.717) is 22.8 Å². The maximum Gasteiger partial charge on any atom is 0.416 e. The van der Waals surface area contributed by atoms with E-state index in [2.05, 4.69) is 10.2 Å². The van der Waals surface area contributed by atoms with Gasteiger partial charge in [-0.1, -0.05) is 24.3 Å². The highest BCUT2D eigenvalue weighted by molar-refractivity contribution is 5.71. The summed E-state index contributed by atoms with van der Waals surface area (Å²) >= 11 is 0. The van der Waals surface area contributed by atoms with E-state index in [4.69, 9.17) is 9.47 Å². The molecule has 4 aliphatic heterocycles. The first kappa shape index (κ1) is 22.1. The minimum Gasteiger partial charge on any atom is -0.485 e. The van der Waals surface area contributed by atoms with Gasteiger partial charge in [0.1, 0.15) is 23.5 Å². The van der Waals surface area contributed by atoms with Gasteiger partial charge in [0.2, 0.25) is 0 Å². The van der Waals surface area contributed by atoms with Crippen molar-refractivity contribution in [1.29, 1.82) is 0 Å². The first-order valence-corrected chi connectivity index (χ1v) is 11.3. The number of rotatable bonds is 3. The Kier molecular flexibility index (Phi) is 5.31. The fourth-order valence-corrected chi connectivity index (χ4v) is 5.22. The molecule has 0 radical (unpaired) electrons. The Labute approximate surface area is 190 Å². The summed E-state index contributed by atoms with van der Waals surface area (Å²) in [6.45, 7) is 6.65. The molecule has 176 valence electrons. The fourth-order valence-electron chi connectivity index (χ4n) is 5.22. The van der Waals surface area contributed by atoms with E-state index in [-0.39, 0.29) is 6.10 Å². The lowest BCUT2D eigenvalue weighted by Crippen LogP contribution is -2.53. The maximum atomic E-state index is 13.1. The third kappa shape index (κ3) is 4.28. The van der Waals surface area contributed by atoms with Gasteiger partial charge in [0.15, 0.2) is 0 Å². The molecule has 6 rings (SSSR count). The van der Waals surface area contributed by atoms with E-state index in [1.807, 2.05) is 13.8 Å². The second kappa shape index (κ2) is 7.94. The Morgan fingerprint density at radius 1 is 1.12 bits per heavy atom. The first-order chi connectivity index (χ1) is 15.6. The van der Waals surface area contributed by atoms with Crippen molar-refractivity contribution < 1.29 is 27.4 Å². The molecule has 2 aromatic carbocycles. The molecule has 5 nitrogen and oxygen atoms in total. The first-order valence-electron chi connectivity index (χ1n) is 11.3. The molecule has 4 heterocycles. The van der Waals surface area contributed by atoms with Crippen molar-refractivity contribution in [3.63, 3.8) is 0 Å². The van der Waals surface area contributed by atoms with Crippen molar-refractivity contribution in [1.82, 2.24) is 10.2 Å². The molecule has 0 aromatic heterocycles. The van der Waals surface area contributed by atoms with Gasteiger partial charge in [-0.3, -0.25) is 4.90 Å². The van der Waals surface area contributed by atoms with Gasteiger partial charge in [0, 0.05) is 12.1 Å². The minimum absolute atomic E-state index is 0.0966. The molecule has 8 heteroatoms. The number of ether oxygens (including phenoxy) is 2. The van der Waals surface area contributed by atoms with Crippen molar-refractivity contribution in [2.45, 2.75) is 50.6 Å². The third-order valence-corrected chi connectivity index (χ3v) is 7.03. The van der Waals surface area contributed by atoms with Crippen LogP contribution in [-0.2, 0) is 10.9 Å². The SMILES string of the molecule is CC1(C)Oc2cc(-c3cccc(C(F)(F)F)c3)ccc2C1NC(=O)O[C@@H]1CN2CCC1CC2. The molecule has 33 heavy (non-hydrogen) atoms. The number of hydrogen-bond acceptors (Lipinski definition) is 4. The van der Waals surface area contributed by atoms with Gasteiger partial charge in [-0.2, -0.15) is 13.2 Å². The van der Waals surface area contributed by atoms with Gasteiger partial charge in [-0.05, 0) is 75.0 Å². The molecule has 0 aliphatic carbocycles. The summed E-state index contributed by atoms with van der Waals surface area (Å²) in [6, 6.07) is 10.1. The summed E-state index contributed by atoms with van der Waals surface area (Å²) < 4.78 is 51.2. The largest absolute Gasteiger partial charge is 0.485 e. The number of fused-ring (bicyclic) bond motifs is 4. The second-order valence-electron chi connectivity index (χ2n) is 9.70. The Morgan fingerprint density at radius 3 is 2.52 bits per heavy atom. The Bertz CT molecular complexity index is 1060. The molecule has 4 aliphatic rings. The van der Waals surface area contributed by atoms with Crippen LogP contribution in [0.4, 0.5) is 18.0 Å². The average molecular weight is 460 g/mol. The summed E-state index contributed by atoms with van der Waals surface area (Å²) in [5.41, 5.74) is 0.416. The Balaban J connectivity index is 1.34. The quantitative estimate of drug-likeness (QED) is 0.666. The van der Waals surface area contributed by atoms with Crippen molar-refractivity contribution in [2.24, 2.45) is 5.92 Å². The number of carbonyl (C=O) groups excluding carboxylic acids is 1. The Morgan fingerprint density at radius 2 is 1.85 bits per heavy atom. The lowest BCUT2D eigenvalue weighted by molar-refractivity contribution is -0.137. The molecule has 3 fully saturated rings. The van der Waals surface area contributed by atoms with Crippen LogP contribution in [-0.4, -0.2) is 42.3 Å². The monoisotopic (exact) mass is 460 g/mol. The number of amides is 1. The van der Waals surface area contributed by atoms with Gasteiger partial charge in [-0.15, -0.1) is 0 Å². The molecule has 0 spiro atoms. The van der Waals surface area contributed by atoms with Crippen molar-refractivity contribution in [3.8, 4) is 16.9 Å². The van der Waals surface area contributed by atoms with Gasteiger partial charge in [-0.25, -0.2) is 4.79 Å². The van der Waals surface area contributed by atoms with E-state index in [1.54, 1.807) is 24.3 Å². The number of carbonyl (C=O) groups is 1. The van der Waals surface area contributed by atoms with E-state index in [1.165, 1.54) is 6.07 Å². The van der Waals surface area contributed by atoms with E-state index in [9.17, 15) is 18.0 Å². The van der Waals surface area contributed by atoms with Crippen molar-refractivity contribution >= 4 is 6.09 Å². The van der Waals surface area contributed by atoms with Crippen LogP contribution < -0.4 is 10.1 Å². The number of halogens is 3. The summed E-state index contributed by atoms with van der Waals surface area (Å²) in [7, 11) is 0. The smallest absolute Gasteiger partial charge is 0.416 e. The second-order valence-corrected chi connectivity index (χ2v) is 9.70. The number of nitrogens with one attached hydrogen (secondary N) is 1. The summed E-state index contributed by atoms with van der Waals surface area (Å²) in [5.74, 6) is 0.957. The van der Waals surface area contributed by atoms with Crippen molar-refractivity contribution in [2.75, 3.05) is 19.6 Å². The molecule has 1 amide bonds. The molecule has 2 atom stereocenters. The Hall–Kier alpha value is -2.74. The highest BCUT2D eigenvalue weighted by atomic mass is 19.4. The molecule has 0 saturated carbocycles. The normalized spacial score (nSPS) is 27.5. The molecule has 2 bridgehead atoms. The van der Waals surface area contributed by atoms with Crippen molar-refractivity contribution in [3.05, 3.63) is 53.6 Å². The van der Waals surface area contributed by atoms with E-state index in [0.717, 1.165) is 50.2 Å². The third-order valence-electron chi connectivity index (χ3n) is 7.03. The molecular formula is C25H27F3N2O3. The standard InChI is InChI=1S/C25H27F3N2O3/c1-24(2)22(29-23(31)32-21-14-30-10-8-15(21)9-11-30)19-7-6-17(13-20(19)33-24)16-4-3-5-18(12-16)25(26,27)28/h3-7,12-13,15,21-22H,8-11,14H2,1-2H3,(H,29,31)/t21-,22?/m1/s1. The zero-order valence-corrected chi connectivity index (χ0v) is 18.6. The van der Waals surface area contributed by atoms with Gasteiger partial charge < -0.3 is 14.8 Å². The predicted octanol–water partition coefficient (Wildman–Crippen LogP) is 5.40. The molecule has 3 saturated heterocycles. The van der Waals surface area contributed by atoms with Gasteiger partial charge >= 0.3 is 12.3 Å². The number of benzene rings is 2. The lowest BCUT2D eigenvalue weighted by Gasteiger charge is -2.44. The highest BCUT2D eigenvalue weighted by Gasteiger charge is 2.44. The fraction of sp³-hybridized carbons (Fsp3) is 0.480. The molecule has 1 unspecified atom stereocenters. The molecule has 2 aromatic rings. The lowest BCUT2D eigenvalue weighted by atomic mass is 9.86. The van der Waals surface area contributed by atoms with Gasteiger partial charge in [0.05, 0.1) is 5.56 Å². The highest BCUT2D eigenvalue weighted by Crippen LogP contribution is 2.45. The number of piperidine rings is 3. The maximum absolute atomic E-state index is 13.1. The summed E-state index contributed by atoms with van der Waals surface area (Å²) in [5, 5.41) is 2.97. The summed E-state index contributed by atoms with van der Waals surface area (Å²) in [4.78, 5) is 15.1. The molecular weight excluding hydrogens is 433 g/mol. The predicted molar refractivity (Wildman–Crippen MR) is 117 cm³/mol. The van der Waals surface area contributed by atoms with Crippen LogP contribution in [0.5, 0.6) is 5.75 Å². The minimum atomic E-state index is -4.41. The number of hydrogen-bond donors (Lipinski definition) is 1. The van der Waals surface area contributed by atoms with Crippen LogP contribution in [0.15, 0.2) is 42.5 Å². The molecule has 1 N–H and O–H groups in total. The van der Waals surface area contributed by atoms with Crippen LogP contribution in [0.25, 0.3) is 11.1 Å². The van der Waals surface area contributed by atoms with Crippen LogP contribution in [0.1, 0.15) is 43.9 Å².